The predicted octanol–water partition coefficient (Wildman–Crippen LogP) is 2.38. The Kier molecular flexibility index (Phi) is 5.35. The average Bonchev–Trinajstić information content (AvgIpc) is 2.54. The zero-order valence-corrected chi connectivity index (χ0v) is 13.6. The first-order valence-electron chi connectivity index (χ1n) is 7.17. The van der Waals surface area contributed by atoms with Crippen LogP contribution in [-0.2, 0) is 0 Å². The van der Waals surface area contributed by atoms with E-state index in [9.17, 15) is 4.79 Å². The zero-order valence-electron chi connectivity index (χ0n) is 13.6. The van der Waals surface area contributed by atoms with E-state index in [0.717, 1.165) is 0 Å². The van der Waals surface area contributed by atoms with Crippen LogP contribution in [0.2, 0.25) is 0 Å². The third kappa shape index (κ3) is 4.32. The second-order valence-corrected chi connectivity index (χ2v) is 5.12. The molecule has 0 aliphatic heterocycles. The minimum absolute atomic E-state index is 0.0446. The van der Waals surface area contributed by atoms with Gasteiger partial charge in [0.15, 0.2) is 11.5 Å². The molecule has 0 atom stereocenters. The lowest BCUT2D eigenvalue weighted by Crippen LogP contribution is -2.30. The Morgan fingerprint density at radius 2 is 1.87 bits per heavy atom. The summed E-state index contributed by atoms with van der Waals surface area (Å²) in [4.78, 5) is 11.8. The Morgan fingerprint density at radius 3 is 2.43 bits per heavy atom. The van der Waals surface area contributed by atoms with Gasteiger partial charge in [-0.15, -0.1) is 10.2 Å². The number of hydrogen-bond donors (Lipinski definition) is 2. The first-order valence-corrected chi connectivity index (χ1v) is 7.17. The summed E-state index contributed by atoms with van der Waals surface area (Å²) >= 11 is 0. The van der Waals surface area contributed by atoms with Crippen molar-refractivity contribution in [1.29, 1.82) is 0 Å². The number of carbonyl (C=O) groups is 1. The van der Waals surface area contributed by atoms with Crippen molar-refractivity contribution in [2.45, 2.75) is 19.9 Å². The van der Waals surface area contributed by atoms with E-state index in [1.54, 1.807) is 44.6 Å². The Hall–Kier alpha value is -2.83. The number of nitrogens with one attached hydrogen (secondary N) is 2. The molecule has 7 heteroatoms. The minimum atomic E-state index is -0.252. The first kappa shape index (κ1) is 16.5. The van der Waals surface area contributed by atoms with E-state index in [0.29, 0.717) is 23.0 Å². The van der Waals surface area contributed by atoms with E-state index < -0.39 is 0 Å². The molecule has 1 aromatic carbocycles. The van der Waals surface area contributed by atoms with Gasteiger partial charge in [0.2, 0.25) is 0 Å². The van der Waals surface area contributed by atoms with E-state index in [1.807, 2.05) is 13.8 Å². The molecule has 7 nitrogen and oxygen atoms in total. The van der Waals surface area contributed by atoms with Crippen LogP contribution >= 0.6 is 0 Å². The molecule has 0 fully saturated rings. The zero-order chi connectivity index (χ0) is 16.8. The smallest absolute Gasteiger partial charge is 0.271 e. The highest BCUT2D eigenvalue weighted by Gasteiger charge is 2.10. The Balaban J connectivity index is 2.16. The number of anilines is 2. The van der Waals surface area contributed by atoms with E-state index in [4.69, 9.17) is 9.47 Å². The number of carbonyl (C=O) groups excluding carboxylic acids is 1. The van der Waals surface area contributed by atoms with Gasteiger partial charge in [-0.25, -0.2) is 0 Å². The number of benzene rings is 1. The molecule has 0 unspecified atom stereocenters. The summed E-state index contributed by atoms with van der Waals surface area (Å²) in [5, 5.41) is 13.8. The molecular formula is C16H20N4O3. The number of methoxy groups -OCH3 is 2. The van der Waals surface area contributed by atoms with Crippen molar-refractivity contribution in [3.8, 4) is 11.5 Å². The monoisotopic (exact) mass is 316 g/mol. The van der Waals surface area contributed by atoms with Crippen LogP contribution in [0.1, 0.15) is 24.3 Å². The second kappa shape index (κ2) is 7.44. The van der Waals surface area contributed by atoms with Crippen LogP contribution in [0, 0.1) is 0 Å². The van der Waals surface area contributed by atoms with Crippen molar-refractivity contribution >= 4 is 17.4 Å². The minimum Gasteiger partial charge on any atom is -0.497 e. The average molecular weight is 316 g/mol. The summed E-state index contributed by atoms with van der Waals surface area (Å²) in [6.07, 6.45) is 0. The number of amides is 1. The lowest BCUT2D eigenvalue weighted by atomic mass is 10.2. The molecule has 0 saturated heterocycles. The van der Waals surface area contributed by atoms with Gasteiger partial charge in [0.25, 0.3) is 5.91 Å². The van der Waals surface area contributed by atoms with Crippen LogP contribution < -0.4 is 20.1 Å². The molecule has 0 aliphatic carbocycles. The lowest BCUT2D eigenvalue weighted by Gasteiger charge is -2.12. The second-order valence-electron chi connectivity index (χ2n) is 5.12. The normalized spacial score (nSPS) is 10.3. The Morgan fingerprint density at radius 1 is 1.09 bits per heavy atom. The Labute approximate surface area is 135 Å². The SMILES string of the molecule is COc1ccc(OC)c(Nc2ccc(C(=O)NC(C)C)nn2)c1. The largest absolute Gasteiger partial charge is 0.497 e. The molecule has 23 heavy (non-hydrogen) atoms. The molecule has 0 aliphatic rings. The van der Waals surface area contributed by atoms with Crippen molar-refractivity contribution in [3.63, 3.8) is 0 Å². The molecule has 2 rings (SSSR count). The summed E-state index contributed by atoms with van der Waals surface area (Å²) in [6, 6.07) is 8.72. The third-order valence-corrected chi connectivity index (χ3v) is 2.99. The highest BCUT2D eigenvalue weighted by atomic mass is 16.5. The lowest BCUT2D eigenvalue weighted by molar-refractivity contribution is 0.0937. The number of nitrogens with zero attached hydrogens (tertiary/aromatic N) is 2. The summed E-state index contributed by atoms with van der Waals surface area (Å²) in [7, 11) is 3.17. The van der Waals surface area contributed by atoms with Gasteiger partial charge >= 0.3 is 0 Å². The fraction of sp³-hybridized carbons (Fsp3) is 0.312. The summed E-state index contributed by atoms with van der Waals surface area (Å²) in [5.74, 6) is 1.58. The molecule has 122 valence electrons. The topological polar surface area (TPSA) is 85.4 Å². The molecule has 0 spiro atoms. The maximum atomic E-state index is 11.8. The van der Waals surface area contributed by atoms with E-state index >= 15 is 0 Å². The van der Waals surface area contributed by atoms with Gasteiger partial charge < -0.3 is 20.1 Å². The Bertz CT molecular complexity index is 672. The molecule has 2 N–H and O–H groups in total. The van der Waals surface area contributed by atoms with Gasteiger partial charge in [-0.05, 0) is 38.1 Å². The van der Waals surface area contributed by atoms with Crippen LogP contribution in [-0.4, -0.2) is 36.4 Å². The number of ether oxygens (including phenoxy) is 2. The molecular weight excluding hydrogens is 296 g/mol. The third-order valence-electron chi connectivity index (χ3n) is 2.99. The van der Waals surface area contributed by atoms with Crippen LogP contribution in [0.3, 0.4) is 0 Å². The van der Waals surface area contributed by atoms with Crippen molar-refractivity contribution in [3.05, 3.63) is 36.0 Å². The predicted molar refractivity (Wildman–Crippen MR) is 87.5 cm³/mol. The van der Waals surface area contributed by atoms with Gasteiger partial charge in [0, 0.05) is 12.1 Å². The maximum absolute atomic E-state index is 11.8. The summed E-state index contributed by atoms with van der Waals surface area (Å²) in [6.45, 7) is 3.77. The number of aromatic nitrogens is 2. The van der Waals surface area contributed by atoms with Crippen LogP contribution in [0.15, 0.2) is 30.3 Å². The molecule has 2 aromatic rings. The fourth-order valence-corrected chi connectivity index (χ4v) is 1.91. The van der Waals surface area contributed by atoms with Crippen LogP contribution in [0.4, 0.5) is 11.5 Å². The van der Waals surface area contributed by atoms with Gasteiger partial charge in [0.05, 0.1) is 19.9 Å². The first-order chi connectivity index (χ1) is 11.0. The van der Waals surface area contributed by atoms with Crippen molar-refractivity contribution in [2.75, 3.05) is 19.5 Å². The van der Waals surface area contributed by atoms with Crippen molar-refractivity contribution in [2.24, 2.45) is 0 Å². The maximum Gasteiger partial charge on any atom is 0.271 e. The van der Waals surface area contributed by atoms with E-state index in [2.05, 4.69) is 20.8 Å². The molecule has 0 bridgehead atoms. The highest BCUT2D eigenvalue weighted by molar-refractivity contribution is 5.92. The van der Waals surface area contributed by atoms with Gasteiger partial charge in [-0.2, -0.15) is 0 Å². The number of rotatable bonds is 6. The standard InChI is InChI=1S/C16H20N4O3/c1-10(2)17-16(21)12-6-8-15(20-19-12)18-13-9-11(22-3)5-7-14(13)23-4/h5-10H,1-4H3,(H,17,21)(H,18,20). The fourth-order valence-electron chi connectivity index (χ4n) is 1.91. The van der Waals surface area contributed by atoms with Gasteiger partial charge in [-0.1, -0.05) is 0 Å². The molecule has 0 radical (unpaired) electrons. The molecule has 0 saturated carbocycles. The highest BCUT2D eigenvalue weighted by Crippen LogP contribution is 2.30. The van der Waals surface area contributed by atoms with Crippen LogP contribution in [0.5, 0.6) is 11.5 Å². The molecule has 1 heterocycles. The molecule has 1 aromatic heterocycles. The van der Waals surface area contributed by atoms with E-state index in [1.165, 1.54) is 0 Å². The molecule has 1 amide bonds. The quantitative estimate of drug-likeness (QED) is 0.851. The van der Waals surface area contributed by atoms with Crippen LogP contribution in [0.25, 0.3) is 0 Å². The number of hydrogen-bond acceptors (Lipinski definition) is 6. The summed E-state index contributed by atoms with van der Waals surface area (Å²) in [5.41, 5.74) is 0.961. The van der Waals surface area contributed by atoms with Gasteiger partial charge in [0.1, 0.15) is 11.5 Å². The van der Waals surface area contributed by atoms with Gasteiger partial charge in [-0.3, -0.25) is 4.79 Å². The summed E-state index contributed by atoms with van der Waals surface area (Å²) < 4.78 is 10.5. The van der Waals surface area contributed by atoms with Crippen molar-refractivity contribution in [1.82, 2.24) is 15.5 Å². The van der Waals surface area contributed by atoms with Crippen molar-refractivity contribution < 1.29 is 14.3 Å². The van der Waals surface area contributed by atoms with E-state index in [-0.39, 0.29) is 17.6 Å².